The summed E-state index contributed by atoms with van der Waals surface area (Å²) in [6.07, 6.45) is 2.54. The van der Waals surface area contributed by atoms with Crippen LogP contribution < -0.4 is 0 Å². The molecule has 98 valence electrons. The van der Waals surface area contributed by atoms with Gasteiger partial charge in [0.2, 0.25) is 0 Å². The van der Waals surface area contributed by atoms with Gasteiger partial charge in [-0.15, -0.1) is 6.58 Å². The number of carbonyl (C=O) groups excluding carboxylic acids is 1. The highest BCUT2D eigenvalue weighted by Crippen LogP contribution is 2.16. The van der Waals surface area contributed by atoms with Crippen LogP contribution in [0.3, 0.4) is 0 Å². The molecule has 1 heterocycles. The van der Waals surface area contributed by atoms with Crippen LogP contribution in [0.4, 0.5) is 4.39 Å². The Labute approximate surface area is 110 Å². The molecular formula is C12H14ClFN2O2. The van der Waals surface area contributed by atoms with Crippen LogP contribution in [0.15, 0.2) is 24.9 Å². The van der Waals surface area contributed by atoms with E-state index in [1.54, 1.807) is 6.08 Å². The first-order chi connectivity index (χ1) is 8.60. The van der Waals surface area contributed by atoms with E-state index in [9.17, 15) is 9.18 Å². The Morgan fingerprint density at radius 2 is 2.44 bits per heavy atom. The first-order valence-electron chi connectivity index (χ1n) is 5.30. The van der Waals surface area contributed by atoms with Crippen molar-refractivity contribution in [2.24, 2.45) is 0 Å². The van der Waals surface area contributed by atoms with Gasteiger partial charge in [-0.25, -0.2) is 9.37 Å². The van der Waals surface area contributed by atoms with Gasteiger partial charge in [0, 0.05) is 20.2 Å². The van der Waals surface area contributed by atoms with E-state index < -0.39 is 11.7 Å². The van der Waals surface area contributed by atoms with Gasteiger partial charge in [-0.3, -0.25) is 4.79 Å². The largest absolute Gasteiger partial charge is 0.383 e. The number of ether oxygens (including phenoxy) is 1. The van der Waals surface area contributed by atoms with E-state index in [0.717, 1.165) is 12.3 Å². The van der Waals surface area contributed by atoms with Gasteiger partial charge < -0.3 is 9.64 Å². The fourth-order valence-electron chi connectivity index (χ4n) is 1.38. The molecule has 1 rings (SSSR count). The third-order valence-corrected chi connectivity index (χ3v) is 2.54. The summed E-state index contributed by atoms with van der Waals surface area (Å²) in [4.78, 5) is 17.2. The lowest BCUT2D eigenvalue weighted by atomic mass is 10.2. The highest BCUT2D eigenvalue weighted by atomic mass is 35.5. The smallest absolute Gasteiger partial charge is 0.257 e. The monoisotopic (exact) mass is 272 g/mol. The van der Waals surface area contributed by atoms with E-state index >= 15 is 0 Å². The van der Waals surface area contributed by atoms with Crippen LogP contribution >= 0.6 is 11.6 Å². The molecule has 4 nitrogen and oxygen atoms in total. The topological polar surface area (TPSA) is 42.4 Å². The maximum atomic E-state index is 13.1. The molecule has 0 atom stereocenters. The molecule has 0 aliphatic carbocycles. The summed E-state index contributed by atoms with van der Waals surface area (Å²) in [7, 11) is 1.54. The van der Waals surface area contributed by atoms with Crippen molar-refractivity contribution in [1.82, 2.24) is 9.88 Å². The number of amides is 1. The van der Waals surface area contributed by atoms with Gasteiger partial charge in [-0.2, -0.15) is 0 Å². The number of hydrogen-bond donors (Lipinski definition) is 0. The second kappa shape index (κ2) is 7.08. The highest BCUT2D eigenvalue weighted by Gasteiger charge is 2.18. The predicted octanol–water partition coefficient (Wildman–Crippen LogP) is 2.15. The van der Waals surface area contributed by atoms with Gasteiger partial charge in [0.1, 0.15) is 11.0 Å². The first kappa shape index (κ1) is 14.6. The Morgan fingerprint density at radius 1 is 1.72 bits per heavy atom. The third-order valence-electron chi connectivity index (χ3n) is 2.24. The van der Waals surface area contributed by atoms with Crippen molar-refractivity contribution in [2.45, 2.75) is 0 Å². The highest BCUT2D eigenvalue weighted by molar-refractivity contribution is 6.32. The minimum atomic E-state index is -0.604. The average molecular weight is 273 g/mol. The molecule has 0 fully saturated rings. The summed E-state index contributed by atoms with van der Waals surface area (Å²) in [6, 6.07) is 1.07. The molecule has 0 spiro atoms. The summed E-state index contributed by atoms with van der Waals surface area (Å²) in [5, 5.41) is -0.0205. The van der Waals surface area contributed by atoms with Crippen molar-refractivity contribution < 1.29 is 13.9 Å². The third kappa shape index (κ3) is 3.78. The Bertz CT molecular complexity index is 440. The normalized spacial score (nSPS) is 10.2. The number of hydrogen-bond acceptors (Lipinski definition) is 3. The Balaban J connectivity index is 2.93. The molecule has 0 aromatic carbocycles. The lowest BCUT2D eigenvalue weighted by Gasteiger charge is -2.21. The molecular weight excluding hydrogens is 259 g/mol. The molecule has 0 radical (unpaired) electrons. The minimum Gasteiger partial charge on any atom is -0.383 e. The van der Waals surface area contributed by atoms with Crippen LogP contribution in [-0.2, 0) is 4.74 Å². The number of methoxy groups -OCH3 is 1. The van der Waals surface area contributed by atoms with Crippen molar-refractivity contribution in [2.75, 3.05) is 26.8 Å². The second-order valence-corrected chi connectivity index (χ2v) is 3.88. The standard InChI is InChI=1S/C12H14ClFN2O2/c1-3-4-16(5-6-18-2)12(17)10-7-9(14)8-15-11(10)13/h3,7-8H,1,4-6H2,2H3. The zero-order chi connectivity index (χ0) is 13.5. The zero-order valence-corrected chi connectivity index (χ0v) is 10.8. The summed E-state index contributed by atoms with van der Waals surface area (Å²) in [6.45, 7) is 4.64. The maximum absolute atomic E-state index is 13.1. The van der Waals surface area contributed by atoms with E-state index in [1.165, 1.54) is 12.0 Å². The number of carbonyl (C=O) groups is 1. The van der Waals surface area contributed by atoms with Gasteiger partial charge >= 0.3 is 0 Å². The lowest BCUT2D eigenvalue weighted by Crippen LogP contribution is -2.34. The summed E-state index contributed by atoms with van der Waals surface area (Å²) >= 11 is 5.79. The van der Waals surface area contributed by atoms with Crippen molar-refractivity contribution in [3.63, 3.8) is 0 Å². The van der Waals surface area contributed by atoms with Crippen LogP contribution in [0.2, 0.25) is 5.15 Å². The molecule has 0 saturated heterocycles. The molecule has 18 heavy (non-hydrogen) atoms. The minimum absolute atomic E-state index is 0.0205. The number of nitrogens with zero attached hydrogens (tertiary/aromatic N) is 2. The van der Waals surface area contributed by atoms with Gasteiger partial charge in [-0.05, 0) is 6.07 Å². The zero-order valence-electron chi connectivity index (χ0n) is 10.0. The van der Waals surface area contributed by atoms with E-state index in [0.29, 0.717) is 19.7 Å². The molecule has 0 aliphatic heterocycles. The Kier molecular flexibility index (Phi) is 5.74. The SMILES string of the molecule is C=CCN(CCOC)C(=O)c1cc(F)cnc1Cl. The van der Waals surface area contributed by atoms with Crippen LogP contribution in [0, 0.1) is 5.82 Å². The maximum Gasteiger partial charge on any atom is 0.257 e. The number of rotatable bonds is 6. The fourth-order valence-corrected chi connectivity index (χ4v) is 1.56. The average Bonchev–Trinajstić information content (AvgIpc) is 2.36. The van der Waals surface area contributed by atoms with E-state index in [2.05, 4.69) is 11.6 Å². The van der Waals surface area contributed by atoms with Crippen molar-refractivity contribution in [3.8, 4) is 0 Å². The van der Waals surface area contributed by atoms with E-state index in [4.69, 9.17) is 16.3 Å². The lowest BCUT2D eigenvalue weighted by molar-refractivity contribution is 0.0717. The van der Waals surface area contributed by atoms with Gasteiger partial charge in [-0.1, -0.05) is 17.7 Å². The quantitative estimate of drug-likeness (QED) is 0.589. The van der Waals surface area contributed by atoms with Crippen LogP contribution in [-0.4, -0.2) is 42.6 Å². The molecule has 0 aliphatic rings. The Morgan fingerprint density at radius 3 is 3.06 bits per heavy atom. The number of halogens is 2. The van der Waals surface area contributed by atoms with Gasteiger partial charge in [0.05, 0.1) is 18.4 Å². The van der Waals surface area contributed by atoms with Gasteiger partial charge in [0.25, 0.3) is 5.91 Å². The molecule has 1 aromatic heterocycles. The van der Waals surface area contributed by atoms with E-state index in [-0.39, 0.29) is 10.7 Å². The Hall–Kier alpha value is -1.46. The van der Waals surface area contributed by atoms with Crippen molar-refractivity contribution in [1.29, 1.82) is 0 Å². The predicted molar refractivity (Wildman–Crippen MR) is 67.2 cm³/mol. The summed E-state index contributed by atoms with van der Waals surface area (Å²) < 4.78 is 18.0. The molecule has 6 heteroatoms. The first-order valence-corrected chi connectivity index (χ1v) is 5.68. The van der Waals surface area contributed by atoms with Crippen LogP contribution in [0.1, 0.15) is 10.4 Å². The van der Waals surface area contributed by atoms with Gasteiger partial charge in [0.15, 0.2) is 0 Å². The van der Waals surface area contributed by atoms with Crippen molar-refractivity contribution in [3.05, 3.63) is 41.5 Å². The van der Waals surface area contributed by atoms with Crippen LogP contribution in [0.25, 0.3) is 0 Å². The molecule has 0 bridgehead atoms. The molecule has 1 amide bonds. The number of aromatic nitrogens is 1. The van der Waals surface area contributed by atoms with Crippen molar-refractivity contribution >= 4 is 17.5 Å². The second-order valence-electron chi connectivity index (χ2n) is 3.52. The molecule has 0 unspecified atom stereocenters. The number of pyridine rings is 1. The molecule has 0 saturated carbocycles. The summed E-state index contributed by atoms with van der Waals surface area (Å²) in [5.41, 5.74) is 0.0367. The summed E-state index contributed by atoms with van der Waals surface area (Å²) in [5.74, 6) is -1.00. The molecule has 1 aromatic rings. The fraction of sp³-hybridized carbons (Fsp3) is 0.333. The van der Waals surface area contributed by atoms with E-state index in [1.807, 2.05) is 0 Å². The van der Waals surface area contributed by atoms with Crippen LogP contribution in [0.5, 0.6) is 0 Å². The molecule has 0 N–H and O–H groups in total.